The third-order valence-electron chi connectivity index (χ3n) is 3.78. The normalized spacial score (nSPS) is 22.4. The maximum atomic E-state index is 12.3. The summed E-state index contributed by atoms with van der Waals surface area (Å²) >= 11 is 6.66. The Morgan fingerprint density at radius 3 is 2.26 bits per heavy atom. The Kier molecular flexibility index (Phi) is 4.00. The van der Waals surface area contributed by atoms with Crippen LogP contribution in [0.25, 0.3) is 0 Å². The zero-order valence-corrected chi connectivity index (χ0v) is 15.0. The van der Waals surface area contributed by atoms with Gasteiger partial charge in [-0.05, 0) is 62.0 Å². The molecule has 1 fully saturated rings. The van der Waals surface area contributed by atoms with Gasteiger partial charge in [-0.15, -0.1) is 0 Å². The standard InChI is InChI=1S/C14H20Br2N2O/c1-13(2)5-9(6-14(3,4)8-13)18-12(19)11(16)10(15)7-17-18/h7,9H,5-6,8H2,1-4H3. The average molecular weight is 392 g/mol. The van der Waals surface area contributed by atoms with Crippen LogP contribution in [0.4, 0.5) is 0 Å². The molecule has 0 unspecified atom stereocenters. The summed E-state index contributed by atoms with van der Waals surface area (Å²) in [7, 11) is 0. The highest BCUT2D eigenvalue weighted by molar-refractivity contribution is 9.13. The summed E-state index contributed by atoms with van der Waals surface area (Å²) in [5.74, 6) is 0. The summed E-state index contributed by atoms with van der Waals surface area (Å²) in [5, 5.41) is 4.32. The zero-order valence-electron chi connectivity index (χ0n) is 11.8. The van der Waals surface area contributed by atoms with Crippen molar-refractivity contribution in [2.24, 2.45) is 10.8 Å². The number of halogens is 2. The molecule has 0 aromatic carbocycles. The van der Waals surface area contributed by atoms with Gasteiger partial charge in [-0.1, -0.05) is 27.7 Å². The fourth-order valence-corrected chi connectivity index (χ4v) is 4.19. The van der Waals surface area contributed by atoms with Gasteiger partial charge in [-0.2, -0.15) is 5.10 Å². The molecule has 1 aliphatic carbocycles. The average Bonchev–Trinajstić information content (AvgIpc) is 2.21. The minimum absolute atomic E-state index is 0.0483. The molecule has 0 aliphatic heterocycles. The SMILES string of the molecule is CC1(C)CC(n2ncc(Br)c(Br)c2=O)CC(C)(C)C1. The van der Waals surface area contributed by atoms with Gasteiger partial charge in [0.05, 0.1) is 16.7 Å². The van der Waals surface area contributed by atoms with Crippen LogP contribution in [-0.2, 0) is 0 Å². The number of rotatable bonds is 1. The van der Waals surface area contributed by atoms with Crippen LogP contribution in [0, 0.1) is 10.8 Å². The number of hydrogen-bond acceptors (Lipinski definition) is 2. The summed E-state index contributed by atoms with van der Waals surface area (Å²) < 4.78 is 2.92. The van der Waals surface area contributed by atoms with Crippen LogP contribution in [0.3, 0.4) is 0 Å². The van der Waals surface area contributed by atoms with E-state index in [9.17, 15) is 4.79 Å². The topological polar surface area (TPSA) is 34.9 Å². The molecule has 1 saturated carbocycles. The van der Waals surface area contributed by atoms with Gasteiger partial charge in [0, 0.05) is 0 Å². The Labute approximate surface area is 131 Å². The van der Waals surface area contributed by atoms with Gasteiger partial charge >= 0.3 is 0 Å². The van der Waals surface area contributed by atoms with E-state index in [1.165, 1.54) is 6.42 Å². The van der Waals surface area contributed by atoms with E-state index >= 15 is 0 Å². The van der Waals surface area contributed by atoms with E-state index in [4.69, 9.17) is 0 Å². The van der Waals surface area contributed by atoms with Gasteiger partial charge in [0.2, 0.25) is 0 Å². The van der Waals surface area contributed by atoms with Crippen molar-refractivity contribution in [3.05, 3.63) is 25.5 Å². The Hall–Kier alpha value is -0.160. The second-order valence-corrected chi connectivity index (χ2v) is 8.77. The Bertz CT molecular complexity index is 533. The smallest absolute Gasteiger partial charge is 0.266 e. The van der Waals surface area contributed by atoms with Crippen LogP contribution in [0.15, 0.2) is 19.9 Å². The second-order valence-electron chi connectivity index (χ2n) is 7.12. The van der Waals surface area contributed by atoms with Crippen LogP contribution >= 0.6 is 31.9 Å². The van der Waals surface area contributed by atoms with E-state index in [1.54, 1.807) is 10.9 Å². The maximum absolute atomic E-state index is 12.3. The van der Waals surface area contributed by atoms with Crippen molar-refractivity contribution >= 4 is 31.9 Å². The summed E-state index contributed by atoms with van der Waals surface area (Å²) in [6, 6.07) is 0.177. The maximum Gasteiger partial charge on any atom is 0.282 e. The van der Waals surface area contributed by atoms with Crippen molar-refractivity contribution in [1.29, 1.82) is 0 Å². The molecule has 106 valence electrons. The first kappa shape index (κ1) is 15.2. The lowest BCUT2D eigenvalue weighted by Crippen LogP contribution is -2.39. The highest BCUT2D eigenvalue weighted by Crippen LogP contribution is 2.49. The molecular weight excluding hydrogens is 372 g/mol. The first-order valence-corrected chi connectivity index (χ1v) is 8.13. The zero-order chi connectivity index (χ0) is 14.4. The van der Waals surface area contributed by atoms with E-state index in [1.807, 2.05) is 0 Å². The minimum atomic E-state index is -0.0483. The quantitative estimate of drug-likeness (QED) is 0.703. The molecule has 3 nitrogen and oxygen atoms in total. The fraction of sp³-hybridized carbons (Fsp3) is 0.714. The lowest BCUT2D eigenvalue weighted by molar-refractivity contribution is 0.0650. The lowest BCUT2D eigenvalue weighted by atomic mass is 9.63. The molecular formula is C14H20Br2N2O. The third kappa shape index (κ3) is 3.30. The second kappa shape index (κ2) is 4.99. The van der Waals surface area contributed by atoms with Gasteiger partial charge in [-0.3, -0.25) is 4.79 Å². The number of nitrogens with zero attached hydrogens (tertiary/aromatic N) is 2. The summed E-state index contributed by atoms with van der Waals surface area (Å²) in [5.41, 5.74) is 0.438. The minimum Gasteiger partial charge on any atom is -0.266 e. The van der Waals surface area contributed by atoms with Crippen LogP contribution in [-0.4, -0.2) is 9.78 Å². The molecule has 1 aromatic rings. The van der Waals surface area contributed by atoms with Gasteiger partial charge in [0.15, 0.2) is 0 Å². The van der Waals surface area contributed by atoms with E-state index in [0.717, 1.165) is 12.8 Å². The van der Waals surface area contributed by atoms with Gasteiger partial charge in [0.1, 0.15) is 4.47 Å². The molecule has 0 spiro atoms. The Morgan fingerprint density at radius 1 is 1.21 bits per heavy atom. The Morgan fingerprint density at radius 2 is 1.74 bits per heavy atom. The van der Waals surface area contributed by atoms with Gasteiger partial charge in [0.25, 0.3) is 5.56 Å². The van der Waals surface area contributed by atoms with Crippen molar-refractivity contribution < 1.29 is 0 Å². The number of hydrogen-bond donors (Lipinski definition) is 0. The van der Waals surface area contributed by atoms with Gasteiger partial charge < -0.3 is 0 Å². The molecule has 0 saturated heterocycles. The molecule has 1 aromatic heterocycles. The van der Waals surface area contributed by atoms with Crippen LogP contribution < -0.4 is 5.56 Å². The molecule has 1 heterocycles. The van der Waals surface area contributed by atoms with E-state index in [-0.39, 0.29) is 22.4 Å². The molecule has 1 aliphatic rings. The molecule has 0 atom stereocenters. The third-order valence-corrected chi connectivity index (χ3v) is 5.68. The predicted molar refractivity (Wildman–Crippen MR) is 84.3 cm³/mol. The van der Waals surface area contributed by atoms with Crippen molar-refractivity contribution in [2.45, 2.75) is 53.0 Å². The summed E-state index contributed by atoms with van der Waals surface area (Å²) in [6.45, 7) is 9.11. The largest absolute Gasteiger partial charge is 0.282 e. The molecule has 19 heavy (non-hydrogen) atoms. The molecule has 0 N–H and O–H groups in total. The molecule has 0 radical (unpaired) electrons. The van der Waals surface area contributed by atoms with E-state index in [2.05, 4.69) is 64.7 Å². The molecule has 0 amide bonds. The Balaban J connectivity index is 2.42. The lowest BCUT2D eigenvalue weighted by Gasteiger charge is -2.44. The monoisotopic (exact) mass is 390 g/mol. The first-order valence-electron chi connectivity index (χ1n) is 6.54. The van der Waals surface area contributed by atoms with Crippen LogP contribution in [0.5, 0.6) is 0 Å². The fourth-order valence-electron chi connectivity index (χ4n) is 3.65. The van der Waals surface area contributed by atoms with Crippen molar-refractivity contribution in [3.63, 3.8) is 0 Å². The summed E-state index contributed by atoms with van der Waals surface area (Å²) in [4.78, 5) is 12.3. The highest BCUT2D eigenvalue weighted by atomic mass is 79.9. The molecule has 2 rings (SSSR count). The van der Waals surface area contributed by atoms with Crippen molar-refractivity contribution in [2.75, 3.05) is 0 Å². The van der Waals surface area contributed by atoms with Crippen molar-refractivity contribution in [1.82, 2.24) is 9.78 Å². The highest BCUT2D eigenvalue weighted by Gasteiger charge is 2.39. The van der Waals surface area contributed by atoms with E-state index < -0.39 is 0 Å². The predicted octanol–water partition coefficient (Wildman–Crippen LogP) is 4.55. The van der Waals surface area contributed by atoms with Gasteiger partial charge in [-0.25, -0.2) is 4.68 Å². The van der Waals surface area contributed by atoms with Crippen LogP contribution in [0.2, 0.25) is 0 Å². The summed E-state index contributed by atoms with van der Waals surface area (Å²) in [6.07, 6.45) is 4.87. The number of aromatic nitrogens is 2. The first-order chi connectivity index (χ1) is 8.61. The van der Waals surface area contributed by atoms with Crippen molar-refractivity contribution in [3.8, 4) is 0 Å². The molecule has 5 heteroatoms. The van der Waals surface area contributed by atoms with Crippen LogP contribution in [0.1, 0.15) is 53.0 Å². The van der Waals surface area contributed by atoms with E-state index in [0.29, 0.717) is 8.95 Å². The molecule has 0 bridgehead atoms.